The van der Waals surface area contributed by atoms with E-state index in [1.807, 2.05) is 6.08 Å². The van der Waals surface area contributed by atoms with Crippen molar-refractivity contribution in [3.05, 3.63) is 12.3 Å². The SMILES string of the molecule is OCCOCCOC=CCCCl. The van der Waals surface area contributed by atoms with E-state index in [0.29, 0.717) is 25.7 Å². The third kappa shape index (κ3) is 9.75. The summed E-state index contributed by atoms with van der Waals surface area (Å²) in [5, 5.41) is 8.34. The highest BCUT2D eigenvalue weighted by atomic mass is 35.5. The van der Waals surface area contributed by atoms with Gasteiger partial charge in [0.1, 0.15) is 6.61 Å². The Kier molecular flexibility index (Phi) is 10.5. The van der Waals surface area contributed by atoms with Crippen LogP contribution in [-0.2, 0) is 9.47 Å². The topological polar surface area (TPSA) is 38.7 Å². The molecule has 0 aromatic carbocycles. The quantitative estimate of drug-likeness (QED) is 0.358. The van der Waals surface area contributed by atoms with Gasteiger partial charge in [0.2, 0.25) is 0 Å². The molecular formula is C8H15ClO3. The van der Waals surface area contributed by atoms with Gasteiger partial charge in [-0.05, 0) is 12.5 Å². The highest BCUT2D eigenvalue weighted by molar-refractivity contribution is 6.17. The van der Waals surface area contributed by atoms with Crippen LogP contribution in [0, 0.1) is 0 Å². The van der Waals surface area contributed by atoms with Gasteiger partial charge in [0.05, 0.1) is 26.1 Å². The molecular weight excluding hydrogens is 180 g/mol. The van der Waals surface area contributed by atoms with E-state index in [0.717, 1.165) is 6.42 Å². The van der Waals surface area contributed by atoms with Crippen molar-refractivity contribution >= 4 is 11.6 Å². The fourth-order valence-electron chi connectivity index (χ4n) is 0.541. The number of aliphatic hydroxyl groups is 1. The Morgan fingerprint density at radius 1 is 1.25 bits per heavy atom. The van der Waals surface area contributed by atoms with Crippen LogP contribution in [0.3, 0.4) is 0 Å². The van der Waals surface area contributed by atoms with Gasteiger partial charge >= 0.3 is 0 Å². The zero-order chi connectivity index (χ0) is 9.07. The van der Waals surface area contributed by atoms with E-state index in [9.17, 15) is 0 Å². The lowest BCUT2D eigenvalue weighted by atomic mass is 10.5. The molecule has 3 nitrogen and oxygen atoms in total. The predicted octanol–water partition coefficient (Wildman–Crippen LogP) is 1.15. The first-order chi connectivity index (χ1) is 5.91. The van der Waals surface area contributed by atoms with Crippen LogP contribution < -0.4 is 0 Å². The van der Waals surface area contributed by atoms with E-state index >= 15 is 0 Å². The molecule has 0 amide bonds. The lowest BCUT2D eigenvalue weighted by Crippen LogP contribution is -2.04. The molecule has 0 aliphatic carbocycles. The molecule has 0 rings (SSSR count). The number of rotatable bonds is 8. The molecule has 0 fully saturated rings. The van der Waals surface area contributed by atoms with Gasteiger partial charge in [0.15, 0.2) is 0 Å². The van der Waals surface area contributed by atoms with Crippen LogP contribution in [0.4, 0.5) is 0 Å². The Morgan fingerprint density at radius 2 is 2.08 bits per heavy atom. The second-order valence-corrected chi connectivity index (χ2v) is 2.43. The maximum absolute atomic E-state index is 8.34. The summed E-state index contributed by atoms with van der Waals surface area (Å²) in [6.45, 7) is 1.45. The summed E-state index contributed by atoms with van der Waals surface area (Å²) in [5.41, 5.74) is 0. The Morgan fingerprint density at radius 3 is 2.75 bits per heavy atom. The molecule has 0 atom stereocenters. The molecule has 4 heteroatoms. The number of hydrogen-bond donors (Lipinski definition) is 1. The number of allylic oxidation sites excluding steroid dienone is 1. The average Bonchev–Trinajstić information content (AvgIpc) is 2.10. The number of ether oxygens (including phenoxy) is 2. The molecule has 0 spiro atoms. The monoisotopic (exact) mass is 194 g/mol. The van der Waals surface area contributed by atoms with Gasteiger partial charge in [-0.3, -0.25) is 0 Å². The Labute approximate surface area is 77.9 Å². The second kappa shape index (κ2) is 10.8. The van der Waals surface area contributed by atoms with E-state index in [4.69, 9.17) is 26.2 Å². The average molecular weight is 195 g/mol. The lowest BCUT2D eigenvalue weighted by Gasteiger charge is -2.00. The van der Waals surface area contributed by atoms with E-state index in [2.05, 4.69) is 0 Å². The molecule has 0 heterocycles. The number of alkyl halides is 1. The van der Waals surface area contributed by atoms with Crippen molar-refractivity contribution in [2.45, 2.75) is 6.42 Å². The van der Waals surface area contributed by atoms with Crippen LogP contribution in [0.25, 0.3) is 0 Å². The maximum Gasteiger partial charge on any atom is 0.111 e. The first-order valence-electron chi connectivity index (χ1n) is 3.93. The largest absolute Gasteiger partial charge is 0.499 e. The highest BCUT2D eigenvalue weighted by Gasteiger charge is 1.84. The summed E-state index contributed by atoms with van der Waals surface area (Å²) in [6, 6.07) is 0. The van der Waals surface area contributed by atoms with E-state index < -0.39 is 0 Å². The van der Waals surface area contributed by atoms with Gasteiger partial charge in [-0.2, -0.15) is 0 Å². The minimum absolute atomic E-state index is 0.0576. The molecule has 0 saturated carbocycles. The molecule has 72 valence electrons. The molecule has 0 bridgehead atoms. The Bertz CT molecular complexity index is 106. The van der Waals surface area contributed by atoms with Crippen molar-refractivity contribution in [2.24, 2.45) is 0 Å². The Hall–Kier alpha value is -0.250. The van der Waals surface area contributed by atoms with Gasteiger partial charge in [-0.25, -0.2) is 0 Å². The van der Waals surface area contributed by atoms with Crippen LogP contribution in [0.1, 0.15) is 6.42 Å². The molecule has 0 saturated heterocycles. The van der Waals surface area contributed by atoms with E-state index in [-0.39, 0.29) is 6.61 Å². The van der Waals surface area contributed by atoms with Crippen LogP contribution in [0.5, 0.6) is 0 Å². The van der Waals surface area contributed by atoms with E-state index in [1.165, 1.54) is 0 Å². The van der Waals surface area contributed by atoms with Gasteiger partial charge in [0.25, 0.3) is 0 Å². The van der Waals surface area contributed by atoms with Crippen molar-refractivity contribution in [1.29, 1.82) is 0 Å². The predicted molar refractivity (Wildman–Crippen MR) is 48.3 cm³/mol. The second-order valence-electron chi connectivity index (χ2n) is 2.06. The fraction of sp³-hybridized carbons (Fsp3) is 0.750. The molecule has 0 aliphatic heterocycles. The third-order valence-corrected chi connectivity index (χ3v) is 1.27. The van der Waals surface area contributed by atoms with Crippen LogP contribution >= 0.6 is 11.6 Å². The van der Waals surface area contributed by atoms with Crippen molar-refractivity contribution in [2.75, 3.05) is 32.3 Å². The summed E-state index contributed by atoms with van der Waals surface area (Å²) >= 11 is 5.42. The van der Waals surface area contributed by atoms with Crippen molar-refractivity contribution in [1.82, 2.24) is 0 Å². The summed E-state index contributed by atoms with van der Waals surface area (Å²) in [5.74, 6) is 0.612. The fourth-order valence-corrected chi connectivity index (χ4v) is 0.667. The zero-order valence-electron chi connectivity index (χ0n) is 7.04. The number of halogens is 1. The molecule has 0 unspecified atom stereocenters. The molecule has 0 aromatic rings. The van der Waals surface area contributed by atoms with Crippen molar-refractivity contribution < 1.29 is 14.6 Å². The number of hydrogen-bond acceptors (Lipinski definition) is 3. The minimum atomic E-state index is 0.0576. The van der Waals surface area contributed by atoms with Gasteiger partial charge in [-0.1, -0.05) is 0 Å². The van der Waals surface area contributed by atoms with Gasteiger partial charge in [-0.15, -0.1) is 11.6 Å². The first-order valence-corrected chi connectivity index (χ1v) is 4.46. The molecule has 0 radical (unpaired) electrons. The van der Waals surface area contributed by atoms with Crippen molar-refractivity contribution in [3.8, 4) is 0 Å². The summed E-state index contributed by atoms with van der Waals surface area (Å²) in [4.78, 5) is 0. The zero-order valence-corrected chi connectivity index (χ0v) is 7.79. The Balaban J connectivity index is 2.90. The standard InChI is InChI=1S/C8H15ClO3/c9-3-1-2-5-11-7-8-12-6-4-10/h2,5,10H,1,3-4,6-8H2. The summed E-state index contributed by atoms with van der Waals surface area (Å²) in [7, 11) is 0. The van der Waals surface area contributed by atoms with Gasteiger partial charge < -0.3 is 14.6 Å². The van der Waals surface area contributed by atoms with Crippen molar-refractivity contribution in [3.63, 3.8) is 0 Å². The molecule has 1 N–H and O–H groups in total. The number of aliphatic hydroxyl groups excluding tert-OH is 1. The third-order valence-electron chi connectivity index (χ3n) is 1.05. The molecule has 0 aliphatic rings. The normalized spacial score (nSPS) is 10.8. The molecule has 0 aromatic heterocycles. The minimum Gasteiger partial charge on any atom is -0.499 e. The van der Waals surface area contributed by atoms with Crippen LogP contribution in [0.2, 0.25) is 0 Å². The van der Waals surface area contributed by atoms with Gasteiger partial charge in [0, 0.05) is 5.88 Å². The van der Waals surface area contributed by atoms with Crippen LogP contribution in [0.15, 0.2) is 12.3 Å². The van der Waals surface area contributed by atoms with Crippen LogP contribution in [-0.4, -0.2) is 37.4 Å². The summed E-state index contributed by atoms with van der Waals surface area (Å²) in [6.07, 6.45) is 4.29. The smallest absolute Gasteiger partial charge is 0.111 e. The first kappa shape index (κ1) is 11.8. The maximum atomic E-state index is 8.34. The lowest BCUT2D eigenvalue weighted by molar-refractivity contribution is 0.0600. The van der Waals surface area contributed by atoms with E-state index in [1.54, 1.807) is 6.26 Å². The highest BCUT2D eigenvalue weighted by Crippen LogP contribution is 1.87. The summed E-state index contributed by atoms with van der Waals surface area (Å²) < 4.78 is 9.99. The molecule has 12 heavy (non-hydrogen) atoms.